The van der Waals surface area contributed by atoms with Crippen molar-refractivity contribution in [2.75, 3.05) is 0 Å². The first-order valence-corrected chi connectivity index (χ1v) is 8.17. The lowest BCUT2D eigenvalue weighted by Gasteiger charge is -2.10. The second kappa shape index (κ2) is 6.47. The van der Waals surface area contributed by atoms with Crippen LogP contribution in [0.1, 0.15) is 0 Å². The van der Waals surface area contributed by atoms with Gasteiger partial charge in [-0.2, -0.15) is 0 Å². The van der Waals surface area contributed by atoms with Crippen LogP contribution in [0.5, 0.6) is 5.75 Å². The van der Waals surface area contributed by atoms with E-state index in [1.807, 2.05) is 6.07 Å². The highest BCUT2D eigenvalue weighted by Crippen LogP contribution is 2.44. The fourth-order valence-corrected chi connectivity index (χ4v) is 3.12. The van der Waals surface area contributed by atoms with Gasteiger partial charge in [-0.15, -0.1) is 0 Å². The first-order chi connectivity index (χ1) is 13.5. The number of aromatic nitrogens is 2. The van der Waals surface area contributed by atoms with Gasteiger partial charge in [-0.1, -0.05) is 48.5 Å². The fraction of sp³-hybridized carbons (Fsp3) is 0. The summed E-state index contributed by atoms with van der Waals surface area (Å²) in [5.41, 5.74) is -0.268. The number of hydrogen-bond acceptors (Lipinski definition) is 6. The van der Waals surface area contributed by atoms with Crippen LogP contribution in [0.2, 0.25) is 0 Å². The van der Waals surface area contributed by atoms with Crippen molar-refractivity contribution in [1.82, 2.24) is 9.55 Å². The Bertz CT molecular complexity index is 1220. The molecule has 1 aromatic heterocycles. The highest BCUT2D eigenvalue weighted by molar-refractivity contribution is 5.95. The molecule has 1 N–H and O–H groups in total. The Hall–Kier alpha value is -4.27. The first kappa shape index (κ1) is 17.2. The van der Waals surface area contributed by atoms with E-state index in [0.29, 0.717) is 17.1 Å². The number of nitro groups is 2. The van der Waals surface area contributed by atoms with E-state index in [0.717, 1.165) is 6.07 Å². The maximum Gasteiger partial charge on any atom is 0.344 e. The molecule has 4 aromatic rings. The Morgan fingerprint density at radius 2 is 1.50 bits per heavy atom. The van der Waals surface area contributed by atoms with Crippen molar-refractivity contribution in [3.8, 4) is 22.8 Å². The summed E-state index contributed by atoms with van der Waals surface area (Å²) >= 11 is 0. The van der Waals surface area contributed by atoms with Crippen molar-refractivity contribution in [3.05, 3.63) is 87.0 Å². The number of aromatic hydroxyl groups is 1. The van der Waals surface area contributed by atoms with Crippen LogP contribution in [-0.4, -0.2) is 24.5 Å². The van der Waals surface area contributed by atoms with Gasteiger partial charge < -0.3 is 5.11 Å². The van der Waals surface area contributed by atoms with Gasteiger partial charge >= 0.3 is 11.4 Å². The SMILES string of the molecule is O=[N+]([O-])c1cc2nc(-c3ccccc3)n(-c3ccccc3)c2c([N+](=O)[O-])c1O. The number of nitro benzene ring substituents is 2. The molecule has 0 aliphatic rings. The third kappa shape index (κ3) is 2.62. The number of benzene rings is 3. The number of nitrogens with zero attached hydrogens (tertiary/aromatic N) is 4. The zero-order valence-electron chi connectivity index (χ0n) is 14.2. The average Bonchev–Trinajstić information content (AvgIpc) is 3.07. The predicted molar refractivity (Wildman–Crippen MR) is 101 cm³/mol. The van der Waals surface area contributed by atoms with E-state index in [2.05, 4.69) is 4.98 Å². The van der Waals surface area contributed by atoms with E-state index in [9.17, 15) is 25.3 Å². The van der Waals surface area contributed by atoms with Crippen molar-refractivity contribution in [2.24, 2.45) is 0 Å². The summed E-state index contributed by atoms with van der Waals surface area (Å²) in [4.78, 5) is 25.7. The van der Waals surface area contributed by atoms with Crippen LogP contribution >= 0.6 is 0 Å². The Morgan fingerprint density at radius 1 is 0.893 bits per heavy atom. The van der Waals surface area contributed by atoms with Gasteiger partial charge in [0.05, 0.1) is 9.85 Å². The second-order valence-corrected chi connectivity index (χ2v) is 5.95. The topological polar surface area (TPSA) is 124 Å². The van der Waals surface area contributed by atoms with Gasteiger partial charge in [0.15, 0.2) is 5.52 Å². The molecular formula is C19H12N4O5. The number of hydrogen-bond donors (Lipinski definition) is 1. The summed E-state index contributed by atoms with van der Waals surface area (Å²) in [6.07, 6.45) is 0. The van der Waals surface area contributed by atoms with Gasteiger partial charge in [-0.05, 0) is 12.1 Å². The summed E-state index contributed by atoms with van der Waals surface area (Å²) in [6.45, 7) is 0. The molecule has 0 aliphatic carbocycles. The third-order valence-corrected chi connectivity index (χ3v) is 4.29. The lowest BCUT2D eigenvalue weighted by molar-refractivity contribution is -0.395. The van der Waals surface area contributed by atoms with E-state index in [-0.39, 0.29) is 11.0 Å². The molecule has 0 saturated heterocycles. The molecule has 0 radical (unpaired) electrons. The largest absolute Gasteiger partial charge is 0.497 e. The van der Waals surface area contributed by atoms with Crippen molar-refractivity contribution < 1.29 is 15.0 Å². The van der Waals surface area contributed by atoms with Gasteiger partial charge in [0.2, 0.25) is 0 Å². The van der Waals surface area contributed by atoms with Crippen LogP contribution in [0, 0.1) is 20.2 Å². The van der Waals surface area contributed by atoms with E-state index in [4.69, 9.17) is 0 Å². The summed E-state index contributed by atoms with van der Waals surface area (Å²) in [5.74, 6) is -0.635. The van der Waals surface area contributed by atoms with E-state index in [1.54, 1.807) is 54.6 Å². The zero-order chi connectivity index (χ0) is 19.8. The molecule has 0 bridgehead atoms. The highest BCUT2D eigenvalue weighted by Gasteiger charge is 2.33. The standard InChI is InChI=1S/C19H12N4O5/c24-18-15(22(25)26)11-14-16(17(18)23(27)28)21(13-9-5-2-6-10-13)19(20-14)12-7-3-1-4-8-12/h1-11,24H. The molecule has 0 fully saturated rings. The van der Waals surface area contributed by atoms with Crippen LogP contribution in [0.15, 0.2) is 66.7 Å². The molecule has 1 heterocycles. The summed E-state index contributed by atoms with van der Waals surface area (Å²) < 4.78 is 1.52. The number of rotatable bonds is 4. The Balaban J connectivity index is 2.21. The summed E-state index contributed by atoms with van der Waals surface area (Å²) in [5, 5.41) is 33.2. The molecule has 0 unspecified atom stereocenters. The molecule has 0 amide bonds. The van der Waals surface area contributed by atoms with Gasteiger partial charge in [0.25, 0.3) is 5.75 Å². The molecule has 9 nitrogen and oxygen atoms in total. The second-order valence-electron chi connectivity index (χ2n) is 5.95. The third-order valence-electron chi connectivity index (χ3n) is 4.29. The zero-order valence-corrected chi connectivity index (χ0v) is 14.2. The number of imidazole rings is 1. The lowest BCUT2D eigenvalue weighted by Crippen LogP contribution is -2.01. The first-order valence-electron chi connectivity index (χ1n) is 8.17. The molecule has 28 heavy (non-hydrogen) atoms. The van der Waals surface area contributed by atoms with Gasteiger partial charge in [-0.25, -0.2) is 4.98 Å². The molecular weight excluding hydrogens is 364 g/mol. The highest BCUT2D eigenvalue weighted by atomic mass is 16.6. The number of phenolic OH excluding ortho intramolecular Hbond substituents is 1. The quantitative estimate of drug-likeness (QED) is 0.420. The molecule has 0 spiro atoms. The number of phenols is 1. The number of fused-ring (bicyclic) bond motifs is 1. The minimum absolute atomic E-state index is 0.0156. The molecule has 138 valence electrons. The molecule has 9 heteroatoms. The van der Waals surface area contributed by atoms with E-state index >= 15 is 0 Å². The monoisotopic (exact) mass is 376 g/mol. The lowest BCUT2D eigenvalue weighted by atomic mass is 10.2. The van der Waals surface area contributed by atoms with E-state index < -0.39 is 27.0 Å². The fourth-order valence-electron chi connectivity index (χ4n) is 3.12. The van der Waals surface area contributed by atoms with Crippen molar-refractivity contribution in [1.29, 1.82) is 0 Å². The maximum atomic E-state index is 11.7. The predicted octanol–water partition coefficient (Wildman–Crippen LogP) is 4.21. The minimum Gasteiger partial charge on any atom is -0.497 e. The summed E-state index contributed by atoms with van der Waals surface area (Å²) in [7, 11) is 0. The number of para-hydroxylation sites is 1. The van der Waals surface area contributed by atoms with Crippen molar-refractivity contribution >= 4 is 22.4 Å². The molecule has 0 saturated carbocycles. The normalized spacial score (nSPS) is 10.9. The Kier molecular flexibility index (Phi) is 3.96. The van der Waals surface area contributed by atoms with Crippen LogP contribution in [-0.2, 0) is 0 Å². The molecule has 0 aliphatic heterocycles. The molecule has 4 rings (SSSR count). The van der Waals surface area contributed by atoms with Crippen LogP contribution < -0.4 is 0 Å². The Labute approximate surface area is 157 Å². The maximum absolute atomic E-state index is 11.7. The molecule has 0 atom stereocenters. The van der Waals surface area contributed by atoms with Crippen LogP contribution in [0.3, 0.4) is 0 Å². The van der Waals surface area contributed by atoms with Gasteiger partial charge in [0, 0.05) is 17.3 Å². The van der Waals surface area contributed by atoms with Crippen molar-refractivity contribution in [2.45, 2.75) is 0 Å². The van der Waals surface area contributed by atoms with E-state index in [1.165, 1.54) is 4.57 Å². The van der Waals surface area contributed by atoms with Gasteiger partial charge in [-0.3, -0.25) is 24.8 Å². The average molecular weight is 376 g/mol. The van der Waals surface area contributed by atoms with Crippen molar-refractivity contribution in [3.63, 3.8) is 0 Å². The van der Waals surface area contributed by atoms with Gasteiger partial charge in [0.1, 0.15) is 11.3 Å². The van der Waals surface area contributed by atoms with Crippen LogP contribution in [0.4, 0.5) is 11.4 Å². The minimum atomic E-state index is -1.00. The summed E-state index contributed by atoms with van der Waals surface area (Å²) in [6, 6.07) is 18.8. The smallest absolute Gasteiger partial charge is 0.344 e. The van der Waals surface area contributed by atoms with Crippen LogP contribution in [0.25, 0.3) is 28.1 Å². The Morgan fingerprint density at radius 3 is 2.07 bits per heavy atom. The molecule has 3 aromatic carbocycles.